The van der Waals surface area contributed by atoms with Crippen LogP contribution in [0.2, 0.25) is 0 Å². The number of hydrogen-bond donors (Lipinski definition) is 0. The quantitative estimate of drug-likeness (QED) is 0.285. The molecule has 0 unspecified atom stereocenters. The van der Waals surface area contributed by atoms with Crippen molar-refractivity contribution in [3.63, 3.8) is 0 Å². The van der Waals surface area contributed by atoms with Crippen LogP contribution in [0, 0.1) is 17.5 Å². The summed E-state index contributed by atoms with van der Waals surface area (Å²) in [6, 6.07) is 9.71. The van der Waals surface area contributed by atoms with E-state index in [1.165, 1.54) is 31.0 Å². The highest BCUT2D eigenvalue weighted by molar-refractivity contribution is 5.82. The van der Waals surface area contributed by atoms with Gasteiger partial charge in [-0.15, -0.1) is 0 Å². The van der Waals surface area contributed by atoms with Gasteiger partial charge in [-0.2, -0.15) is 10.2 Å². The molecule has 0 atom stereocenters. The van der Waals surface area contributed by atoms with Gasteiger partial charge in [-0.25, -0.2) is 13.2 Å². The average molecular weight is 332 g/mol. The average Bonchev–Trinajstić information content (AvgIpc) is 2.58. The fourth-order valence-electron chi connectivity index (χ4n) is 2.20. The Balaban J connectivity index is 1.94. The lowest BCUT2D eigenvalue weighted by Gasteiger charge is -2.00. The fraction of sp³-hybridized carbons (Fsp3) is 0.263. The summed E-state index contributed by atoms with van der Waals surface area (Å²) in [7, 11) is 0. The lowest BCUT2D eigenvalue weighted by molar-refractivity contribution is 0.447. The lowest BCUT2D eigenvalue weighted by atomic mass is 10.1. The Hall–Kier alpha value is -2.43. The van der Waals surface area contributed by atoms with Crippen LogP contribution in [0.15, 0.2) is 46.6 Å². The van der Waals surface area contributed by atoms with Crippen LogP contribution in [0.5, 0.6) is 0 Å². The van der Waals surface area contributed by atoms with Gasteiger partial charge in [0.25, 0.3) is 0 Å². The lowest BCUT2D eigenvalue weighted by Crippen LogP contribution is -1.93. The molecule has 2 aromatic carbocycles. The molecular weight excluding hydrogens is 313 g/mol. The zero-order valence-corrected chi connectivity index (χ0v) is 13.5. The Morgan fingerprint density at radius 3 is 2.00 bits per heavy atom. The number of hydrogen-bond acceptors (Lipinski definition) is 2. The molecule has 0 aliphatic carbocycles. The standard InChI is InChI=1S/C19H19F3N2/c1-2-3-4-5-14-6-8-15(9-7-14)12-23-24-13-16-10-17(20)19(22)18(21)11-16/h6-13H,2-5H2,1H3/b23-12+,24-13+. The van der Waals surface area contributed by atoms with E-state index >= 15 is 0 Å². The second-order valence-corrected chi connectivity index (χ2v) is 5.49. The Labute approximate surface area is 139 Å². The van der Waals surface area contributed by atoms with Crippen molar-refractivity contribution in [2.24, 2.45) is 10.2 Å². The highest BCUT2D eigenvalue weighted by atomic mass is 19.2. The van der Waals surface area contributed by atoms with E-state index in [9.17, 15) is 13.2 Å². The van der Waals surface area contributed by atoms with Crippen molar-refractivity contribution in [2.75, 3.05) is 0 Å². The smallest absolute Gasteiger partial charge is 0.194 e. The highest BCUT2D eigenvalue weighted by Gasteiger charge is 2.09. The summed E-state index contributed by atoms with van der Waals surface area (Å²) in [5.41, 5.74) is 2.26. The minimum absolute atomic E-state index is 0.106. The first-order chi connectivity index (χ1) is 11.6. The second kappa shape index (κ2) is 9.01. The van der Waals surface area contributed by atoms with E-state index in [-0.39, 0.29) is 5.56 Å². The second-order valence-electron chi connectivity index (χ2n) is 5.49. The summed E-state index contributed by atoms with van der Waals surface area (Å²) >= 11 is 0. The van der Waals surface area contributed by atoms with E-state index in [4.69, 9.17) is 0 Å². The molecule has 2 nitrogen and oxygen atoms in total. The van der Waals surface area contributed by atoms with Gasteiger partial charge in [0.1, 0.15) is 0 Å². The summed E-state index contributed by atoms with van der Waals surface area (Å²) in [5, 5.41) is 7.55. The molecule has 0 spiro atoms. The minimum Gasteiger partial charge on any atom is -0.204 e. The van der Waals surface area contributed by atoms with Crippen LogP contribution in [0.4, 0.5) is 13.2 Å². The monoisotopic (exact) mass is 332 g/mol. The predicted octanol–water partition coefficient (Wildman–Crippen LogP) is 5.29. The largest absolute Gasteiger partial charge is 0.204 e. The van der Waals surface area contributed by atoms with Crippen LogP contribution >= 0.6 is 0 Å². The van der Waals surface area contributed by atoms with Crippen LogP contribution < -0.4 is 0 Å². The summed E-state index contributed by atoms with van der Waals surface area (Å²) in [4.78, 5) is 0. The third-order valence-electron chi connectivity index (χ3n) is 3.54. The summed E-state index contributed by atoms with van der Waals surface area (Å²) in [6.45, 7) is 2.18. The molecule has 0 saturated carbocycles. The number of benzene rings is 2. The molecule has 24 heavy (non-hydrogen) atoms. The Bertz CT molecular complexity index is 699. The first-order valence-corrected chi connectivity index (χ1v) is 7.90. The summed E-state index contributed by atoms with van der Waals surface area (Å²) in [5.74, 6) is -3.99. The van der Waals surface area contributed by atoms with Gasteiger partial charge >= 0.3 is 0 Å². The maximum absolute atomic E-state index is 13.0. The summed E-state index contributed by atoms with van der Waals surface area (Å²) in [6.07, 6.45) is 7.38. The van der Waals surface area contributed by atoms with Crippen molar-refractivity contribution in [1.29, 1.82) is 0 Å². The maximum atomic E-state index is 13.0. The van der Waals surface area contributed by atoms with Gasteiger partial charge in [0.2, 0.25) is 0 Å². The highest BCUT2D eigenvalue weighted by Crippen LogP contribution is 2.12. The van der Waals surface area contributed by atoms with E-state index in [0.717, 1.165) is 24.1 Å². The van der Waals surface area contributed by atoms with E-state index in [0.29, 0.717) is 0 Å². The molecule has 0 N–H and O–H groups in total. The molecule has 0 aliphatic heterocycles. The van der Waals surface area contributed by atoms with Crippen LogP contribution in [0.1, 0.15) is 42.9 Å². The van der Waals surface area contributed by atoms with Crippen LogP contribution in [-0.2, 0) is 6.42 Å². The Kier molecular flexibility index (Phi) is 6.73. The van der Waals surface area contributed by atoms with E-state index in [1.54, 1.807) is 6.21 Å². The molecule has 0 heterocycles. The molecule has 126 valence electrons. The van der Waals surface area contributed by atoms with Crippen LogP contribution in [-0.4, -0.2) is 12.4 Å². The predicted molar refractivity (Wildman–Crippen MR) is 91.2 cm³/mol. The van der Waals surface area contributed by atoms with Gasteiger partial charge in [-0.05, 0) is 36.1 Å². The molecular formula is C19H19F3N2. The SMILES string of the molecule is CCCCCc1ccc(/C=N/N=C/c2cc(F)c(F)c(F)c2)cc1. The number of nitrogens with zero attached hydrogens (tertiary/aromatic N) is 2. The van der Waals surface area contributed by atoms with E-state index in [2.05, 4.69) is 17.1 Å². The molecule has 0 aliphatic rings. The topological polar surface area (TPSA) is 24.7 Å². The molecule has 0 aromatic heterocycles. The van der Waals surface area contributed by atoms with Gasteiger partial charge in [-0.3, -0.25) is 0 Å². The molecule has 2 rings (SSSR count). The molecule has 0 bridgehead atoms. The summed E-state index contributed by atoms with van der Waals surface area (Å²) < 4.78 is 38.9. The molecule has 0 saturated heterocycles. The Morgan fingerprint density at radius 1 is 0.833 bits per heavy atom. The third-order valence-corrected chi connectivity index (χ3v) is 3.54. The van der Waals surface area contributed by atoms with Crippen molar-refractivity contribution in [2.45, 2.75) is 32.6 Å². The number of unbranched alkanes of at least 4 members (excludes halogenated alkanes) is 2. The van der Waals surface area contributed by atoms with Crippen molar-refractivity contribution in [3.8, 4) is 0 Å². The number of aryl methyl sites for hydroxylation is 1. The molecule has 0 amide bonds. The first-order valence-electron chi connectivity index (χ1n) is 7.90. The fourth-order valence-corrected chi connectivity index (χ4v) is 2.20. The molecule has 0 radical (unpaired) electrons. The zero-order chi connectivity index (χ0) is 17.4. The van der Waals surface area contributed by atoms with Gasteiger partial charge in [0, 0.05) is 5.56 Å². The first kappa shape index (κ1) is 17.9. The van der Waals surface area contributed by atoms with Gasteiger partial charge in [-0.1, -0.05) is 44.0 Å². The van der Waals surface area contributed by atoms with Crippen molar-refractivity contribution >= 4 is 12.4 Å². The number of rotatable bonds is 7. The normalized spacial score (nSPS) is 11.7. The van der Waals surface area contributed by atoms with Crippen LogP contribution in [0.25, 0.3) is 0 Å². The van der Waals surface area contributed by atoms with E-state index in [1.807, 2.05) is 24.3 Å². The van der Waals surface area contributed by atoms with E-state index < -0.39 is 17.5 Å². The number of halogens is 3. The molecule has 5 heteroatoms. The zero-order valence-electron chi connectivity index (χ0n) is 13.5. The minimum atomic E-state index is -1.49. The van der Waals surface area contributed by atoms with Gasteiger partial charge in [0.05, 0.1) is 12.4 Å². The van der Waals surface area contributed by atoms with Crippen molar-refractivity contribution in [1.82, 2.24) is 0 Å². The van der Waals surface area contributed by atoms with Gasteiger partial charge < -0.3 is 0 Å². The molecule has 2 aromatic rings. The molecule has 0 fully saturated rings. The van der Waals surface area contributed by atoms with Gasteiger partial charge in [0.15, 0.2) is 17.5 Å². The van der Waals surface area contributed by atoms with Crippen molar-refractivity contribution in [3.05, 3.63) is 70.5 Å². The Morgan fingerprint density at radius 2 is 1.42 bits per heavy atom. The third kappa shape index (κ3) is 5.33. The maximum Gasteiger partial charge on any atom is 0.194 e. The van der Waals surface area contributed by atoms with Crippen molar-refractivity contribution < 1.29 is 13.2 Å². The van der Waals surface area contributed by atoms with Crippen LogP contribution in [0.3, 0.4) is 0 Å².